The highest BCUT2D eigenvalue weighted by molar-refractivity contribution is 6.28. The summed E-state index contributed by atoms with van der Waals surface area (Å²) < 4.78 is 4.11. The molecular formula is C13H19ClN4O4. The zero-order valence-corrected chi connectivity index (χ0v) is 13.5. The minimum Gasteiger partial charge on any atom is -0.469 e. The van der Waals surface area contributed by atoms with Crippen LogP contribution in [0.3, 0.4) is 0 Å². The minimum absolute atomic E-state index is 0.0485. The van der Waals surface area contributed by atoms with Crippen LogP contribution in [0.2, 0.25) is 5.28 Å². The van der Waals surface area contributed by atoms with Gasteiger partial charge in [0.15, 0.2) is 0 Å². The fraction of sp³-hybridized carbons (Fsp3) is 0.615. The Balaban J connectivity index is 0.000000422. The predicted molar refractivity (Wildman–Crippen MR) is 82.0 cm³/mol. The van der Waals surface area contributed by atoms with Gasteiger partial charge in [0.25, 0.3) is 0 Å². The summed E-state index contributed by atoms with van der Waals surface area (Å²) in [6.07, 6.45) is 4.18. The van der Waals surface area contributed by atoms with Crippen molar-refractivity contribution in [1.29, 1.82) is 0 Å². The number of rotatable bonds is 3. The molecule has 122 valence electrons. The van der Waals surface area contributed by atoms with Crippen LogP contribution in [0, 0.1) is 10.1 Å². The Bertz CT molecular complexity index is 541. The summed E-state index contributed by atoms with van der Waals surface area (Å²) in [6, 6.07) is 0.305. The van der Waals surface area contributed by atoms with Gasteiger partial charge >= 0.3 is 11.7 Å². The molecule has 9 heteroatoms. The van der Waals surface area contributed by atoms with Crippen LogP contribution in [0.25, 0.3) is 0 Å². The van der Waals surface area contributed by atoms with Crippen molar-refractivity contribution in [3.8, 4) is 0 Å². The first-order valence-corrected chi connectivity index (χ1v) is 7.26. The Morgan fingerprint density at radius 2 is 2.27 bits per heavy atom. The highest BCUT2D eigenvalue weighted by atomic mass is 35.5. The largest absolute Gasteiger partial charge is 0.469 e. The van der Waals surface area contributed by atoms with Crippen LogP contribution in [0.4, 0.5) is 11.5 Å². The molecule has 1 aromatic rings. The maximum Gasteiger partial charge on any atom is 0.329 e. The molecule has 0 spiro atoms. The summed E-state index contributed by atoms with van der Waals surface area (Å²) >= 11 is 5.72. The number of nitro groups is 1. The molecule has 0 amide bonds. The molecule has 0 aliphatic carbocycles. The third kappa shape index (κ3) is 4.80. The number of ether oxygens (including phenoxy) is 1. The van der Waals surface area contributed by atoms with Gasteiger partial charge in [-0.15, -0.1) is 0 Å². The zero-order valence-electron chi connectivity index (χ0n) is 12.8. The number of halogens is 1. The molecule has 1 aromatic heterocycles. The molecule has 1 aliphatic rings. The van der Waals surface area contributed by atoms with Crippen LogP contribution in [0.5, 0.6) is 0 Å². The van der Waals surface area contributed by atoms with Gasteiger partial charge < -0.3 is 9.64 Å². The van der Waals surface area contributed by atoms with Crippen molar-refractivity contribution in [3.05, 3.63) is 21.6 Å². The van der Waals surface area contributed by atoms with E-state index in [-0.39, 0.29) is 16.9 Å². The van der Waals surface area contributed by atoms with E-state index in [0.29, 0.717) is 11.9 Å². The molecule has 22 heavy (non-hydrogen) atoms. The molecule has 0 N–H and O–H groups in total. The van der Waals surface area contributed by atoms with Gasteiger partial charge in [-0.05, 0) is 30.9 Å². The van der Waals surface area contributed by atoms with E-state index in [2.05, 4.69) is 21.6 Å². The standard InChI is InChI=1S/C10H13ClN4O2.C3H6O2/c1-2-7-4-3-5-14(7)9-8(15(16)17)6-12-10(11)13-9;1-3(4)5-2/h6-7H,2-5H2,1H3;1-2H3/t7-;/m0./s1. The monoisotopic (exact) mass is 330 g/mol. The Hall–Kier alpha value is -1.96. The van der Waals surface area contributed by atoms with E-state index >= 15 is 0 Å². The first-order chi connectivity index (χ1) is 10.4. The molecule has 0 saturated carbocycles. The van der Waals surface area contributed by atoms with E-state index in [1.54, 1.807) is 0 Å². The number of anilines is 1. The van der Waals surface area contributed by atoms with E-state index in [1.165, 1.54) is 20.2 Å². The topological polar surface area (TPSA) is 98.5 Å². The highest BCUT2D eigenvalue weighted by Gasteiger charge is 2.30. The molecular weight excluding hydrogens is 312 g/mol. The zero-order chi connectivity index (χ0) is 16.7. The number of carbonyl (C=O) groups is 1. The maximum absolute atomic E-state index is 10.9. The highest BCUT2D eigenvalue weighted by Crippen LogP contribution is 2.32. The first-order valence-electron chi connectivity index (χ1n) is 6.88. The van der Waals surface area contributed by atoms with E-state index < -0.39 is 4.92 Å². The fourth-order valence-corrected chi connectivity index (χ4v) is 2.35. The number of aromatic nitrogens is 2. The van der Waals surface area contributed by atoms with Gasteiger partial charge in [-0.25, -0.2) is 4.98 Å². The third-order valence-electron chi connectivity index (χ3n) is 3.33. The van der Waals surface area contributed by atoms with Crippen molar-refractivity contribution < 1.29 is 14.5 Å². The summed E-state index contributed by atoms with van der Waals surface area (Å²) in [5.74, 6) is 0.101. The second kappa shape index (κ2) is 8.47. The summed E-state index contributed by atoms with van der Waals surface area (Å²) in [7, 11) is 1.35. The maximum atomic E-state index is 10.9. The molecule has 8 nitrogen and oxygen atoms in total. The lowest BCUT2D eigenvalue weighted by atomic mass is 10.2. The van der Waals surface area contributed by atoms with Crippen molar-refractivity contribution in [2.24, 2.45) is 0 Å². The molecule has 0 bridgehead atoms. The molecule has 2 heterocycles. The average Bonchev–Trinajstić information content (AvgIpc) is 2.95. The van der Waals surface area contributed by atoms with Crippen LogP contribution in [-0.4, -0.2) is 40.6 Å². The van der Waals surface area contributed by atoms with Crippen LogP contribution in [-0.2, 0) is 9.53 Å². The number of carbonyl (C=O) groups excluding carboxylic acids is 1. The second-order valence-corrected chi connectivity index (χ2v) is 5.04. The number of hydrogen-bond acceptors (Lipinski definition) is 7. The number of methoxy groups -OCH3 is 1. The fourth-order valence-electron chi connectivity index (χ4n) is 2.22. The van der Waals surface area contributed by atoms with E-state index in [4.69, 9.17) is 11.6 Å². The lowest BCUT2D eigenvalue weighted by molar-refractivity contribution is -0.384. The Morgan fingerprint density at radius 1 is 1.64 bits per heavy atom. The van der Waals surface area contributed by atoms with E-state index in [1.807, 2.05) is 4.90 Å². The van der Waals surface area contributed by atoms with Gasteiger partial charge in [0.1, 0.15) is 6.20 Å². The lowest BCUT2D eigenvalue weighted by Crippen LogP contribution is -2.30. The van der Waals surface area contributed by atoms with Gasteiger partial charge in [0, 0.05) is 19.5 Å². The number of nitrogens with zero attached hydrogens (tertiary/aromatic N) is 4. The van der Waals surface area contributed by atoms with Gasteiger partial charge in [-0.3, -0.25) is 14.9 Å². The smallest absolute Gasteiger partial charge is 0.329 e. The SMILES string of the molecule is CC[C@H]1CCCN1c1nc(Cl)ncc1[N+](=O)[O-].COC(C)=O. The first kappa shape index (κ1) is 18.1. The molecule has 0 unspecified atom stereocenters. The van der Waals surface area contributed by atoms with Crippen molar-refractivity contribution in [2.45, 2.75) is 39.2 Å². The summed E-state index contributed by atoms with van der Waals surface area (Å²) in [6.45, 7) is 4.21. The van der Waals surface area contributed by atoms with E-state index in [0.717, 1.165) is 25.8 Å². The third-order valence-corrected chi connectivity index (χ3v) is 3.51. The van der Waals surface area contributed by atoms with Gasteiger partial charge in [-0.1, -0.05) is 6.92 Å². The van der Waals surface area contributed by atoms with Crippen molar-refractivity contribution >= 4 is 29.1 Å². The van der Waals surface area contributed by atoms with Crippen molar-refractivity contribution in [3.63, 3.8) is 0 Å². The van der Waals surface area contributed by atoms with Crippen molar-refractivity contribution in [1.82, 2.24) is 9.97 Å². The Labute approximate surface area is 133 Å². The van der Waals surface area contributed by atoms with E-state index in [9.17, 15) is 14.9 Å². The average molecular weight is 331 g/mol. The molecule has 0 radical (unpaired) electrons. The number of esters is 1. The van der Waals surface area contributed by atoms with Crippen LogP contribution >= 0.6 is 11.6 Å². The normalized spacial score (nSPS) is 16.7. The molecule has 2 rings (SSSR count). The summed E-state index contributed by atoms with van der Waals surface area (Å²) in [4.78, 5) is 29.7. The van der Waals surface area contributed by atoms with Crippen molar-refractivity contribution in [2.75, 3.05) is 18.6 Å². The second-order valence-electron chi connectivity index (χ2n) is 4.70. The van der Waals surface area contributed by atoms with Crippen LogP contribution in [0.1, 0.15) is 33.1 Å². The predicted octanol–water partition coefficient (Wildman–Crippen LogP) is 2.60. The Kier molecular flexibility index (Phi) is 6.97. The van der Waals surface area contributed by atoms with Gasteiger partial charge in [0.05, 0.1) is 12.0 Å². The molecule has 1 aliphatic heterocycles. The molecule has 1 fully saturated rings. The molecule has 1 atom stereocenters. The lowest BCUT2D eigenvalue weighted by Gasteiger charge is -2.23. The van der Waals surface area contributed by atoms with Crippen LogP contribution in [0.15, 0.2) is 6.20 Å². The summed E-state index contributed by atoms with van der Waals surface area (Å²) in [5.41, 5.74) is -0.0743. The van der Waals surface area contributed by atoms with Gasteiger partial charge in [0.2, 0.25) is 11.1 Å². The van der Waals surface area contributed by atoms with Crippen LogP contribution < -0.4 is 4.90 Å². The summed E-state index contributed by atoms with van der Waals surface area (Å²) in [5, 5.41) is 11.0. The minimum atomic E-state index is -0.462. The quantitative estimate of drug-likeness (QED) is 0.363. The molecule has 1 saturated heterocycles. The molecule has 0 aromatic carbocycles. The van der Waals surface area contributed by atoms with Gasteiger partial charge in [-0.2, -0.15) is 4.98 Å². The Morgan fingerprint density at radius 3 is 2.77 bits per heavy atom. The number of hydrogen-bond donors (Lipinski definition) is 0.